The van der Waals surface area contributed by atoms with Gasteiger partial charge in [-0.05, 0) is 12.1 Å². The van der Waals surface area contributed by atoms with Gasteiger partial charge in [-0.2, -0.15) is 0 Å². The fourth-order valence-electron chi connectivity index (χ4n) is 2.59. The molecule has 0 N–H and O–H groups in total. The molecule has 0 radical (unpaired) electrons. The number of halogens is 1. The summed E-state index contributed by atoms with van der Waals surface area (Å²) >= 11 is 5.68. The van der Waals surface area contributed by atoms with E-state index in [1.54, 1.807) is 27.3 Å². The molecule has 2 heterocycles. The number of aryl methyl sites for hydroxylation is 1. The van der Waals surface area contributed by atoms with Crippen LogP contribution in [0.4, 0.5) is 4.79 Å². The molecule has 3 aromatic rings. The molecular formula is C17H18ClN5O3. The highest BCUT2D eigenvalue weighted by Crippen LogP contribution is 2.22. The Morgan fingerprint density at radius 2 is 2.15 bits per heavy atom. The number of amides is 1. The second-order valence-corrected chi connectivity index (χ2v) is 6.08. The van der Waals surface area contributed by atoms with Gasteiger partial charge < -0.3 is 9.64 Å². The molecule has 0 unspecified atom stereocenters. The Labute approximate surface area is 154 Å². The van der Waals surface area contributed by atoms with Crippen molar-refractivity contribution >= 4 is 28.8 Å². The molecule has 1 amide bonds. The molecule has 0 aliphatic rings. The number of aromatic nitrogens is 4. The lowest BCUT2D eigenvalue weighted by Gasteiger charge is -2.15. The van der Waals surface area contributed by atoms with Gasteiger partial charge in [-0.25, -0.2) is 24.1 Å². The molecule has 9 heteroatoms. The van der Waals surface area contributed by atoms with Gasteiger partial charge in [0.05, 0.1) is 13.3 Å². The fraction of sp³-hybridized carbons (Fsp3) is 0.294. The number of alkyl halides is 1. The molecule has 1 aromatic carbocycles. The minimum atomic E-state index is -0.483. The minimum absolute atomic E-state index is 0.276. The molecule has 0 fully saturated rings. The van der Waals surface area contributed by atoms with E-state index in [4.69, 9.17) is 16.3 Å². The molecule has 0 bridgehead atoms. The van der Waals surface area contributed by atoms with Crippen molar-refractivity contribution < 1.29 is 9.53 Å². The molecule has 0 saturated carbocycles. The van der Waals surface area contributed by atoms with Crippen LogP contribution in [0.15, 0.2) is 35.3 Å². The van der Waals surface area contributed by atoms with E-state index in [1.165, 1.54) is 15.7 Å². The highest BCUT2D eigenvalue weighted by molar-refractivity contribution is 6.18. The molecule has 0 aliphatic heterocycles. The number of rotatable bonds is 4. The van der Waals surface area contributed by atoms with Gasteiger partial charge in [0.2, 0.25) is 0 Å². The summed E-state index contributed by atoms with van der Waals surface area (Å²) in [6, 6.07) is 6.82. The van der Waals surface area contributed by atoms with Crippen molar-refractivity contribution in [3.8, 4) is 17.1 Å². The standard InChI is InChI=1S/C17H18ClN5O3/c1-21(8-7-18)16(24)23-13-10-19-14(20-15(13)22(2)17(23)25)11-5-4-6-12(9-11)26-3/h4-6,9-10H,7-8H2,1-3H3. The van der Waals surface area contributed by atoms with Gasteiger partial charge in [-0.3, -0.25) is 4.57 Å². The summed E-state index contributed by atoms with van der Waals surface area (Å²) in [5.74, 6) is 1.39. The molecular weight excluding hydrogens is 358 g/mol. The van der Waals surface area contributed by atoms with Crippen LogP contribution >= 0.6 is 11.6 Å². The van der Waals surface area contributed by atoms with Crippen molar-refractivity contribution in [2.45, 2.75) is 0 Å². The van der Waals surface area contributed by atoms with E-state index in [1.807, 2.05) is 18.2 Å². The number of carbonyl (C=O) groups is 1. The summed E-state index contributed by atoms with van der Waals surface area (Å²) in [6.07, 6.45) is 1.48. The third-order valence-electron chi connectivity index (χ3n) is 4.05. The number of methoxy groups -OCH3 is 1. The first-order chi connectivity index (χ1) is 12.5. The average molecular weight is 376 g/mol. The van der Waals surface area contributed by atoms with Crippen molar-refractivity contribution in [3.63, 3.8) is 0 Å². The second-order valence-electron chi connectivity index (χ2n) is 5.70. The second kappa shape index (κ2) is 7.17. The van der Waals surface area contributed by atoms with Crippen LogP contribution in [0.5, 0.6) is 5.75 Å². The van der Waals surface area contributed by atoms with Gasteiger partial charge in [0.15, 0.2) is 11.5 Å². The van der Waals surface area contributed by atoms with Gasteiger partial charge in [-0.15, -0.1) is 11.6 Å². The summed E-state index contributed by atoms with van der Waals surface area (Å²) < 4.78 is 7.60. The summed E-state index contributed by atoms with van der Waals surface area (Å²) in [7, 11) is 4.73. The Morgan fingerprint density at radius 3 is 2.85 bits per heavy atom. The van der Waals surface area contributed by atoms with Crippen molar-refractivity contribution in [2.75, 3.05) is 26.6 Å². The quantitative estimate of drug-likeness (QED) is 0.651. The minimum Gasteiger partial charge on any atom is -0.497 e. The van der Waals surface area contributed by atoms with E-state index in [0.717, 1.165) is 10.1 Å². The zero-order valence-corrected chi connectivity index (χ0v) is 15.4. The first-order valence-corrected chi connectivity index (χ1v) is 8.41. The maximum atomic E-state index is 12.6. The van der Waals surface area contributed by atoms with Crippen molar-refractivity contribution in [3.05, 3.63) is 40.9 Å². The number of imidazole rings is 1. The molecule has 8 nitrogen and oxygen atoms in total. The van der Waals surface area contributed by atoms with E-state index in [2.05, 4.69) is 9.97 Å². The Hall–Kier alpha value is -2.87. The van der Waals surface area contributed by atoms with E-state index >= 15 is 0 Å². The molecule has 2 aromatic heterocycles. The average Bonchev–Trinajstić information content (AvgIpc) is 2.91. The summed E-state index contributed by atoms with van der Waals surface area (Å²) in [5, 5.41) is 0. The number of ether oxygens (including phenoxy) is 1. The van der Waals surface area contributed by atoms with Crippen LogP contribution in [-0.2, 0) is 7.05 Å². The number of carbonyl (C=O) groups excluding carboxylic acids is 1. The number of fused-ring (bicyclic) bond motifs is 1. The van der Waals surface area contributed by atoms with Crippen molar-refractivity contribution in [2.24, 2.45) is 7.05 Å². The lowest BCUT2D eigenvalue weighted by Crippen LogP contribution is -2.38. The predicted molar refractivity (Wildman–Crippen MR) is 98.9 cm³/mol. The molecule has 3 rings (SSSR count). The number of hydrogen-bond donors (Lipinski definition) is 0. The monoisotopic (exact) mass is 375 g/mol. The first kappa shape index (κ1) is 17.9. The zero-order valence-electron chi connectivity index (χ0n) is 14.6. The van der Waals surface area contributed by atoms with Gasteiger partial charge in [0.25, 0.3) is 0 Å². The lowest BCUT2D eigenvalue weighted by atomic mass is 10.2. The maximum Gasteiger partial charge on any atom is 0.338 e. The Kier molecular flexibility index (Phi) is 4.94. The SMILES string of the molecule is COc1cccc(-c2ncc3c(n2)n(C)c(=O)n3C(=O)N(C)CCCl)c1. The van der Waals surface area contributed by atoms with Crippen LogP contribution in [-0.4, -0.2) is 56.6 Å². The molecule has 136 valence electrons. The van der Waals surface area contributed by atoms with Gasteiger partial charge in [-0.1, -0.05) is 12.1 Å². The highest BCUT2D eigenvalue weighted by Gasteiger charge is 2.21. The third kappa shape index (κ3) is 3.03. The molecule has 0 atom stereocenters. The fourth-order valence-corrected chi connectivity index (χ4v) is 2.85. The van der Waals surface area contributed by atoms with Crippen LogP contribution in [0.25, 0.3) is 22.6 Å². The first-order valence-electron chi connectivity index (χ1n) is 7.88. The third-order valence-corrected chi connectivity index (χ3v) is 4.22. The molecule has 26 heavy (non-hydrogen) atoms. The van der Waals surface area contributed by atoms with E-state index < -0.39 is 11.7 Å². The predicted octanol–water partition coefficient (Wildman–Crippen LogP) is 1.94. The topological polar surface area (TPSA) is 82.2 Å². The van der Waals surface area contributed by atoms with Gasteiger partial charge >= 0.3 is 11.7 Å². The largest absolute Gasteiger partial charge is 0.497 e. The molecule has 0 saturated heterocycles. The number of nitrogens with zero attached hydrogens (tertiary/aromatic N) is 5. The van der Waals surface area contributed by atoms with Gasteiger partial charge in [0.1, 0.15) is 11.3 Å². The zero-order chi connectivity index (χ0) is 18.8. The highest BCUT2D eigenvalue weighted by atomic mass is 35.5. The van der Waals surface area contributed by atoms with Crippen LogP contribution in [0, 0.1) is 0 Å². The van der Waals surface area contributed by atoms with Crippen LogP contribution in [0.3, 0.4) is 0 Å². The Balaban J connectivity index is 2.13. The van der Waals surface area contributed by atoms with Crippen molar-refractivity contribution in [1.29, 1.82) is 0 Å². The Morgan fingerprint density at radius 1 is 1.38 bits per heavy atom. The summed E-state index contributed by atoms with van der Waals surface area (Å²) in [5.41, 5.74) is 0.978. The lowest BCUT2D eigenvalue weighted by molar-refractivity contribution is 0.213. The number of benzene rings is 1. The summed E-state index contributed by atoms with van der Waals surface area (Å²) in [4.78, 5) is 35.3. The van der Waals surface area contributed by atoms with E-state index in [-0.39, 0.29) is 5.88 Å². The van der Waals surface area contributed by atoms with E-state index in [9.17, 15) is 9.59 Å². The molecule has 0 spiro atoms. The van der Waals surface area contributed by atoms with Crippen molar-refractivity contribution in [1.82, 2.24) is 24.0 Å². The van der Waals surface area contributed by atoms with E-state index in [0.29, 0.717) is 29.3 Å². The summed E-state index contributed by atoms with van der Waals surface area (Å²) in [6.45, 7) is 0.325. The van der Waals surface area contributed by atoms with Crippen LogP contribution < -0.4 is 10.4 Å². The van der Waals surface area contributed by atoms with Crippen LogP contribution in [0.2, 0.25) is 0 Å². The smallest absolute Gasteiger partial charge is 0.338 e. The maximum absolute atomic E-state index is 12.6. The normalized spacial score (nSPS) is 10.9. The van der Waals surface area contributed by atoms with Gasteiger partial charge in [0, 0.05) is 32.1 Å². The Bertz CT molecular complexity index is 1030. The number of hydrogen-bond acceptors (Lipinski definition) is 5. The molecule has 0 aliphatic carbocycles. The van der Waals surface area contributed by atoms with Crippen LogP contribution in [0.1, 0.15) is 0 Å².